The molecule has 0 fully saturated rings. The first kappa shape index (κ1) is 14.2. The maximum atomic E-state index is 12.1. The smallest absolute Gasteiger partial charge is 0.345 e. The van der Waals surface area contributed by atoms with E-state index in [1.54, 1.807) is 0 Å². The van der Waals surface area contributed by atoms with Crippen LogP contribution in [0.25, 0.3) is 0 Å². The number of nitrogens with one attached hydrogen (secondary N) is 1. The Hall–Kier alpha value is -1.70. The van der Waals surface area contributed by atoms with Crippen LogP contribution in [0.15, 0.2) is 40.6 Å². The highest BCUT2D eigenvalue weighted by Gasteiger charge is 2.27. The standard InChI is InChI=1S/C14H13NO4S2/c16-14(17)13-6-11(8-20-13)21(18,19)15-7-10-5-9-3-1-2-4-12(9)10/h1-4,6,8,10,15H,5,7H2,(H,16,17). The molecular weight excluding hydrogens is 310 g/mol. The molecule has 0 radical (unpaired) electrons. The molecule has 5 nitrogen and oxygen atoms in total. The van der Waals surface area contributed by atoms with E-state index in [4.69, 9.17) is 5.11 Å². The van der Waals surface area contributed by atoms with Gasteiger partial charge in [0.05, 0.1) is 4.90 Å². The number of carboxylic acids is 1. The lowest BCUT2D eigenvalue weighted by molar-refractivity contribution is 0.0702. The molecule has 1 aliphatic carbocycles. The van der Waals surface area contributed by atoms with Crippen LogP contribution in [0.4, 0.5) is 0 Å². The summed E-state index contributed by atoms with van der Waals surface area (Å²) in [6.07, 6.45) is 0.864. The summed E-state index contributed by atoms with van der Waals surface area (Å²) in [7, 11) is -3.65. The predicted octanol–water partition coefficient (Wildman–Crippen LogP) is 2.06. The Kier molecular flexibility index (Phi) is 3.56. The van der Waals surface area contributed by atoms with Crippen molar-refractivity contribution >= 4 is 27.3 Å². The predicted molar refractivity (Wildman–Crippen MR) is 79.4 cm³/mol. The van der Waals surface area contributed by atoms with Gasteiger partial charge in [-0.2, -0.15) is 0 Å². The van der Waals surface area contributed by atoms with Crippen molar-refractivity contribution in [1.29, 1.82) is 0 Å². The zero-order valence-corrected chi connectivity index (χ0v) is 12.6. The van der Waals surface area contributed by atoms with Crippen LogP contribution in [0.2, 0.25) is 0 Å². The minimum atomic E-state index is -3.65. The van der Waals surface area contributed by atoms with Crippen LogP contribution in [0.1, 0.15) is 26.7 Å². The van der Waals surface area contributed by atoms with Crippen LogP contribution >= 0.6 is 11.3 Å². The SMILES string of the molecule is O=C(O)c1cc(S(=O)(=O)NCC2Cc3ccccc32)cs1. The van der Waals surface area contributed by atoms with Gasteiger partial charge < -0.3 is 5.11 Å². The molecule has 1 atom stereocenters. The van der Waals surface area contributed by atoms with Crippen molar-refractivity contribution in [1.82, 2.24) is 4.72 Å². The zero-order valence-electron chi connectivity index (χ0n) is 10.9. The highest BCUT2D eigenvalue weighted by atomic mass is 32.2. The van der Waals surface area contributed by atoms with Gasteiger partial charge in [-0.05, 0) is 23.6 Å². The fourth-order valence-electron chi connectivity index (χ4n) is 2.41. The minimum Gasteiger partial charge on any atom is -0.477 e. The maximum Gasteiger partial charge on any atom is 0.345 e. The third-order valence-electron chi connectivity index (χ3n) is 3.58. The Balaban J connectivity index is 1.69. The van der Waals surface area contributed by atoms with Gasteiger partial charge in [0.25, 0.3) is 0 Å². The van der Waals surface area contributed by atoms with E-state index in [0.29, 0.717) is 6.54 Å². The summed E-state index contributed by atoms with van der Waals surface area (Å²) in [5.74, 6) is -0.928. The highest BCUT2D eigenvalue weighted by Crippen LogP contribution is 2.34. The van der Waals surface area contributed by atoms with Crippen molar-refractivity contribution in [3.8, 4) is 0 Å². The number of aromatic carboxylic acids is 1. The van der Waals surface area contributed by atoms with Crippen LogP contribution in [-0.2, 0) is 16.4 Å². The summed E-state index contributed by atoms with van der Waals surface area (Å²) in [5.41, 5.74) is 2.43. The molecule has 1 heterocycles. The fraction of sp³-hybridized carbons (Fsp3) is 0.214. The Bertz CT molecular complexity index is 795. The third kappa shape index (κ3) is 2.72. The molecule has 110 valence electrons. The number of carboxylic acid groups (broad SMARTS) is 1. The second-order valence-electron chi connectivity index (χ2n) is 4.90. The van der Waals surface area contributed by atoms with E-state index >= 15 is 0 Å². The molecule has 2 aromatic rings. The molecule has 1 aromatic heterocycles. The topological polar surface area (TPSA) is 83.5 Å². The number of sulfonamides is 1. The normalized spacial score (nSPS) is 17.0. The molecule has 0 bridgehead atoms. The molecule has 7 heteroatoms. The average Bonchev–Trinajstić information content (AvgIpc) is 2.90. The lowest BCUT2D eigenvalue weighted by Gasteiger charge is -2.30. The monoisotopic (exact) mass is 323 g/mol. The molecule has 1 aliphatic rings. The van der Waals surface area contributed by atoms with E-state index in [1.807, 2.05) is 24.3 Å². The van der Waals surface area contributed by atoms with Crippen molar-refractivity contribution in [2.75, 3.05) is 6.54 Å². The Morgan fingerprint density at radius 2 is 2.14 bits per heavy atom. The number of benzene rings is 1. The van der Waals surface area contributed by atoms with Crippen molar-refractivity contribution in [3.63, 3.8) is 0 Å². The third-order valence-corrected chi connectivity index (χ3v) is 6.05. The van der Waals surface area contributed by atoms with E-state index in [2.05, 4.69) is 4.72 Å². The molecule has 0 saturated carbocycles. The van der Waals surface area contributed by atoms with Gasteiger partial charge in [-0.3, -0.25) is 0 Å². The first-order valence-corrected chi connectivity index (χ1v) is 8.73. The summed E-state index contributed by atoms with van der Waals surface area (Å²) >= 11 is 0.908. The second-order valence-corrected chi connectivity index (χ2v) is 7.58. The molecule has 3 rings (SSSR count). The lowest BCUT2D eigenvalue weighted by Crippen LogP contribution is -2.33. The quantitative estimate of drug-likeness (QED) is 0.882. The summed E-state index contributed by atoms with van der Waals surface area (Å²) in [5, 5.41) is 10.2. The van der Waals surface area contributed by atoms with Crippen molar-refractivity contribution in [2.24, 2.45) is 0 Å². The second kappa shape index (κ2) is 5.25. The number of rotatable bonds is 5. The first-order chi connectivity index (χ1) is 9.97. The molecule has 0 spiro atoms. The fourth-order valence-corrected chi connectivity index (χ4v) is 4.60. The van der Waals surface area contributed by atoms with Crippen molar-refractivity contribution < 1.29 is 18.3 Å². The number of hydrogen-bond donors (Lipinski definition) is 2. The van der Waals surface area contributed by atoms with Gasteiger partial charge in [-0.15, -0.1) is 11.3 Å². The largest absolute Gasteiger partial charge is 0.477 e. The summed E-state index contributed by atoms with van der Waals surface area (Å²) < 4.78 is 26.8. The number of fused-ring (bicyclic) bond motifs is 1. The molecule has 0 saturated heterocycles. The number of carbonyl (C=O) groups is 1. The van der Waals surface area contributed by atoms with Crippen LogP contribution in [0.5, 0.6) is 0 Å². The Morgan fingerprint density at radius 3 is 2.81 bits per heavy atom. The summed E-state index contributed by atoms with van der Waals surface area (Å²) in [6.45, 7) is 0.331. The van der Waals surface area contributed by atoms with Gasteiger partial charge in [0.1, 0.15) is 4.88 Å². The molecule has 21 heavy (non-hydrogen) atoms. The van der Waals surface area contributed by atoms with E-state index in [0.717, 1.165) is 17.8 Å². The van der Waals surface area contributed by atoms with Crippen LogP contribution in [-0.4, -0.2) is 26.0 Å². The molecule has 0 aliphatic heterocycles. The molecule has 2 N–H and O–H groups in total. The Labute approximate surface area is 126 Å². The highest BCUT2D eigenvalue weighted by molar-refractivity contribution is 7.89. The van der Waals surface area contributed by atoms with Gasteiger partial charge in [0, 0.05) is 17.8 Å². The van der Waals surface area contributed by atoms with Crippen LogP contribution < -0.4 is 4.72 Å². The van der Waals surface area contributed by atoms with E-state index in [1.165, 1.54) is 22.6 Å². The zero-order chi connectivity index (χ0) is 15.0. The lowest BCUT2D eigenvalue weighted by atomic mass is 9.78. The van der Waals surface area contributed by atoms with Crippen LogP contribution in [0.3, 0.4) is 0 Å². The number of thiophene rings is 1. The average molecular weight is 323 g/mol. The van der Waals surface area contributed by atoms with Gasteiger partial charge in [0.2, 0.25) is 10.0 Å². The van der Waals surface area contributed by atoms with Gasteiger partial charge in [0.15, 0.2) is 0 Å². The Morgan fingerprint density at radius 1 is 1.38 bits per heavy atom. The van der Waals surface area contributed by atoms with Crippen molar-refractivity contribution in [2.45, 2.75) is 17.2 Å². The first-order valence-electron chi connectivity index (χ1n) is 6.36. The van der Waals surface area contributed by atoms with E-state index in [9.17, 15) is 13.2 Å². The number of hydrogen-bond acceptors (Lipinski definition) is 4. The van der Waals surface area contributed by atoms with E-state index < -0.39 is 16.0 Å². The molecule has 1 aromatic carbocycles. The summed E-state index contributed by atoms with van der Waals surface area (Å²) in [4.78, 5) is 10.8. The summed E-state index contributed by atoms with van der Waals surface area (Å²) in [6, 6.07) is 9.14. The van der Waals surface area contributed by atoms with Crippen molar-refractivity contribution in [3.05, 3.63) is 51.7 Å². The van der Waals surface area contributed by atoms with Crippen LogP contribution in [0, 0.1) is 0 Å². The molecular formula is C14H13NO4S2. The van der Waals surface area contributed by atoms with E-state index in [-0.39, 0.29) is 15.7 Å². The molecule has 0 amide bonds. The minimum absolute atomic E-state index is 0.0116. The van der Waals surface area contributed by atoms with Gasteiger partial charge >= 0.3 is 5.97 Å². The maximum absolute atomic E-state index is 12.1. The van der Waals surface area contributed by atoms with Gasteiger partial charge in [-0.25, -0.2) is 17.9 Å². The molecule has 1 unspecified atom stereocenters. The van der Waals surface area contributed by atoms with Gasteiger partial charge in [-0.1, -0.05) is 24.3 Å².